The minimum Gasteiger partial charge on any atom is -0.119 e. The fourth-order valence-corrected chi connectivity index (χ4v) is 4.19. The highest BCUT2D eigenvalue weighted by Gasteiger charge is 2.65. The Bertz CT molecular complexity index is 245. The van der Waals surface area contributed by atoms with Gasteiger partial charge in [-0.05, 0) is 50.9 Å². The fraction of sp³-hybridized carbons (Fsp3) is 1.00. The van der Waals surface area contributed by atoms with Crippen molar-refractivity contribution < 1.29 is 0 Å². The van der Waals surface area contributed by atoms with Crippen molar-refractivity contribution in [1.82, 2.24) is 0 Å². The van der Waals surface area contributed by atoms with Gasteiger partial charge in [-0.3, -0.25) is 0 Å². The van der Waals surface area contributed by atoms with E-state index in [2.05, 4.69) is 20.8 Å². The van der Waals surface area contributed by atoms with Crippen molar-refractivity contribution in [2.24, 2.45) is 17.8 Å². The molecule has 5 atom stereocenters. The highest BCUT2D eigenvalue weighted by Crippen LogP contribution is 2.67. The molecule has 2 rings (SSSR count). The fourth-order valence-electron chi connectivity index (χ4n) is 3.41. The van der Waals surface area contributed by atoms with Crippen LogP contribution in [0.25, 0.3) is 0 Å². The van der Waals surface area contributed by atoms with Crippen LogP contribution < -0.4 is 0 Å². The quantitative estimate of drug-likeness (QED) is 0.628. The summed E-state index contributed by atoms with van der Waals surface area (Å²) in [5.74, 6) is 2.10. The monoisotopic (exact) mass is 248 g/mol. The Hall–Kier alpha value is 0.580. The highest BCUT2D eigenvalue weighted by atomic mass is 35.5. The molecule has 0 bridgehead atoms. The van der Waals surface area contributed by atoms with Gasteiger partial charge in [0.25, 0.3) is 0 Å². The van der Waals surface area contributed by atoms with E-state index < -0.39 is 0 Å². The minimum atomic E-state index is 0.00296. The second-order valence-electron chi connectivity index (χ2n) is 5.92. The van der Waals surface area contributed by atoms with E-state index in [1.54, 1.807) is 0 Å². The smallest absolute Gasteiger partial charge is 0.0482 e. The van der Waals surface area contributed by atoms with Crippen molar-refractivity contribution in [3.8, 4) is 0 Å². The van der Waals surface area contributed by atoms with Gasteiger partial charge in [-0.1, -0.05) is 19.8 Å². The van der Waals surface area contributed by atoms with Crippen LogP contribution in [0.2, 0.25) is 0 Å². The van der Waals surface area contributed by atoms with E-state index in [1.807, 2.05) is 0 Å². The lowest BCUT2D eigenvalue weighted by Crippen LogP contribution is -2.33. The molecule has 88 valence electrons. The first-order valence-electron chi connectivity index (χ1n) is 6.27. The zero-order chi connectivity index (χ0) is 11.3. The molecule has 0 heterocycles. The van der Waals surface area contributed by atoms with Gasteiger partial charge in [-0.2, -0.15) is 0 Å². The number of halogens is 2. The molecule has 2 fully saturated rings. The Kier molecular flexibility index (Phi) is 3.06. The van der Waals surface area contributed by atoms with Crippen molar-refractivity contribution in [2.75, 3.05) is 0 Å². The van der Waals surface area contributed by atoms with Crippen molar-refractivity contribution >= 4 is 23.2 Å². The molecule has 15 heavy (non-hydrogen) atoms. The maximum Gasteiger partial charge on any atom is 0.0482 e. The van der Waals surface area contributed by atoms with Crippen LogP contribution in [0.1, 0.15) is 52.9 Å². The molecule has 0 aromatic rings. The highest BCUT2D eigenvalue weighted by molar-refractivity contribution is 6.27. The molecule has 0 radical (unpaired) electrons. The standard InChI is InChI=1S/C13H22Cl2/c1-4-5-6-9-7-10-11(13(10,3)15)8-12(9,2)14/h9-11H,4-8H2,1-3H3/t9-,10-,11+,12-,13?/m0/s1. The van der Waals surface area contributed by atoms with E-state index in [4.69, 9.17) is 23.2 Å². The summed E-state index contributed by atoms with van der Waals surface area (Å²) >= 11 is 13.1. The summed E-state index contributed by atoms with van der Waals surface area (Å²) < 4.78 is 0. The zero-order valence-corrected chi connectivity index (χ0v) is 11.5. The lowest BCUT2D eigenvalue weighted by Gasteiger charge is -2.36. The molecule has 0 nitrogen and oxygen atoms in total. The maximum absolute atomic E-state index is 6.66. The molecule has 0 spiro atoms. The molecule has 2 heteroatoms. The van der Waals surface area contributed by atoms with E-state index in [1.165, 1.54) is 25.7 Å². The van der Waals surface area contributed by atoms with Gasteiger partial charge in [0, 0.05) is 9.75 Å². The molecular weight excluding hydrogens is 227 g/mol. The second kappa shape index (κ2) is 3.81. The Morgan fingerprint density at radius 1 is 1.20 bits per heavy atom. The third kappa shape index (κ3) is 2.05. The van der Waals surface area contributed by atoms with E-state index in [9.17, 15) is 0 Å². The predicted molar refractivity (Wildman–Crippen MR) is 67.7 cm³/mol. The summed E-state index contributed by atoms with van der Waals surface area (Å²) in [4.78, 5) is 0.0695. The van der Waals surface area contributed by atoms with Crippen LogP contribution in [0.3, 0.4) is 0 Å². The molecule has 2 saturated carbocycles. The van der Waals surface area contributed by atoms with E-state index >= 15 is 0 Å². The van der Waals surface area contributed by atoms with Crippen LogP contribution in [-0.4, -0.2) is 9.75 Å². The molecule has 1 unspecified atom stereocenters. The first kappa shape index (κ1) is 12.0. The van der Waals surface area contributed by atoms with Crippen LogP contribution in [0.4, 0.5) is 0 Å². The van der Waals surface area contributed by atoms with Gasteiger partial charge in [0.05, 0.1) is 0 Å². The minimum absolute atomic E-state index is 0.00296. The average molecular weight is 249 g/mol. The average Bonchev–Trinajstić information content (AvgIpc) is 2.62. The maximum atomic E-state index is 6.66. The first-order chi connectivity index (χ1) is 6.89. The van der Waals surface area contributed by atoms with Crippen LogP contribution in [0, 0.1) is 17.8 Å². The van der Waals surface area contributed by atoms with Gasteiger partial charge >= 0.3 is 0 Å². The topological polar surface area (TPSA) is 0 Å². The van der Waals surface area contributed by atoms with E-state index in [0.717, 1.165) is 12.3 Å². The SMILES string of the molecule is CCCC[C@H]1C[C@H]2[C@@H](C[C@]1(C)Cl)C2(C)Cl. The summed E-state index contributed by atoms with van der Waals surface area (Å²) in [6.07, 6.45) is 6.24. The first-order valence-corrected chi connectivity index (χ1v) is 7.03. The number of rotatable bonds is 3. The third-order valence-corrected chi connectivity index (χ3v) is 5.76. The number of hydrogen-bond acceptors (Lipinski definition) is 0. The number of fused-ring (bicyclic) bond motifs is 1. The summed E-state index contributed by atoms with van der Waals surface area (Å²) in [7, 11) is 0. The molecule has 0 saturated heterocycles. The van der Waals surface area contributed by atoms with Gasteiger partial charge < -0.3 is 0 Å². The summed E-state index contributed by atoms with van der Waals surface area (Å²) in [6.45, 7) is 6.66. The Morgan fingerprint density at radius 3 is 2.47 bits per heavy atom. The molecule has 0 aromatic heterocycles. The van der Waals surface area contributed by atoms with Gasteiger partial charge in [0.1, 0.15) is 0 Å². The van der Waals surface area contributed by atoms with Gasteiger partial charge in [-0.25, -0.2) is 0 Å². The van der Waals surface area contributed by atoms with Crippen LogP contribution in [0.15, 0.2) is 0 Å². The molecule has 0 amide bonds. The lowest BCUT2D eigenvalue weighted by molar-refractivity contribution is 0.252. The summed E-state index contributed by atoms with van der Waals surface area (Å²) in [6, 6.07) is 0. The molecule has 2 aliphatic rings. The van der Waals surface area contributed by atoms with Crippen molar-refractivity contribution in [3.63, 3.8) is 0 Å². The Labute approximate surface area is 104 Å². The number of alkyl halides is 2. The van der Waals surface area contributed by atoms with Crippen molar-refractivity contribution in [3.05, 3.63) is 0 Å². The van der Waals surface area contributed by atoms with Crippen molar-refractivity contribution in [1.29, 1.82) is 0 Å². The molecule has 0 N–H and O–H groups in total. The Balaban J connectivity index is 2.00. The molecule has 0 aromatic carbocycles. The molecular formula is C13H22Cl2. The molecule has 0 aliphatic heterocycles. The normalized spacial score (nSPS) is 53.8. The second-order valence-corrected chi connectivity index (χ2v) is 7.60. The van der Waals surface area contributed by atoms with Crippen molar-refractivity contribution in [2.45, 2.75) is 62.6 Å². The lowest BCUT2D eigenvalue weighted by atomic mass is 9.77. The predicted octanol–water partition coefficient (Wildman–Crippen LogP) is 4.83. The van der Waals surface area contributed by atoms with Gasteiger partial charge in [-0.15, -0.1) is 23.2 Å². The largest absolute Gasteiger partial charge is 0.119 e. The van der Waals surface area contributed by atoms with Crippen LogP contribution in [-0.2, 0) is 0 Å². The van der Waals surface area contributed by atoms with E-state index in [-0.39, 0.29) is 9.75 Å². The number of unbranched alkanes of at least 4 members (excludes halogenated alkanes) is 1. The molecule has 2 aliphatic carbocycles. The van der Waals surface area contributed by atoms with Crippen LogP contribution in [0.5, 0.6) is 0 Å². The van der Waals surface area contributed by atoms with Gasteiger partial charge in [0.2, 0.25) is 0 Å². The zero-order valence-electron chi connectivity index (χ0n) is 10.0. The van der Waals surface area contributed by atoms with Crippen LogP contribution >= 0.6 is 23.2 Å². The van der Waals surface area contributed by atoms with Gasteiger partial charge in [0.15, 0.2) is 0 Å². The summed E-state index contributed by atoms with van der Waals surface area (Å²) in [5.41, 5.74) is 0. The van der Waals surface area contributed by atoms with E-state index in [0.29, 0.717) is 11.8 Å². The number of hydrogen-bond donors (Lipinski definition) is 0. The summed E-state index contributed by atoms with van der Waals surface area (Å²) in [5, 5.41) is 0. The Morgan fingerprint density at radius 2 is 1.87 bits per heavy atom. The third-order valence-electron chi connectivity index (χ3n) is 4.74.